The number of anilines is 1. The highest BCUT2D eigenvalue weighted by atomic mass is 35.5. The van der Waals surface area contributed by atoms with E-state index in [-0.39, 0.29) is 10.6 Å². The maximum absolute atomic E-state index is 12.6. The van der Waals surface area contributed by atoms with E-state index in [9.17, 15) is 8.42 Å². The molecule has 0 bridgehead atoms. The van der Waals surface area contributed by atoms with Gasteiger partial charge in [-0.3, -0.25) is 4.90 Å². The molecule has 2 N–H and O–H groups in total. The molecule has 1 aliphatic heterocycles. The average Bonchev–Trinajstić information content (AvgIpc) is 3.22. The Kier molecular flexibility index (Phi) is 3.66. The fourth-order valence-corrected chi connectivity index (χ4v) is 4.34. The van der Waals surface area contributed by atoms with E-state index >= 15 is 0 Å². The van der Waals surface area contributed by atoms with Crippen LogP contribution < -0.4 is 5.73 Å². The Balaban J connectivity index is 1.78. The van der Waals surface area contributed by atoms with Crippen LogP contribution in [0.25, 0.3) is 0 Å². The molecule has 110 valence electrons. The van der Waals surface area contributed by atoms with Crippen LogP contribution >= 0.6 is 11.6 Å². The number of hydrogen-bond acceptors (Lipinski definition) is 4. The van der Waals surface area contributed by atoms with E-state index < -0.39 is 10.0 Å². The summed E-state index contributed by atoms with van der Waals surface area (Å²) in [4.78, 5) is 2.53. The van der Waals surface area contributed by atoms with Crippen molar-refractivity contribution in [3.63, 3.8) is 0 Å². The van der Waals surface area contributed by atoms with Crippen molar-refractivity contribution in [3.8, 4) is 0 Å². The number of halogens is 1. The monoisotopic (exact) mass is 315 g/mol. The molecule has 20 heavy (non-hydrogen) atoms. The van der Waals surface area contributed by atoms with E-state index in [4.69, 9.17) is 17.3 Å². The van der Waals surface area contributed by atoms with Crippen molar-refractivity contribution in [1.82, 2.24) is 9.21 Å². The van der Waals surface area contributed by atoms with E-state index in [0.717, 1.165) is 13.1 Å². The standard InChI is InChI=1S/C13H18ClN3O2S/c14-10-1-4-13(12(15)9-10)20(18,19)17-7-5-16(6-8-17)11-2-3-11/h1,4,9,11H,2-3,5-8,15H2. The maximum Gasteiger partial charge on any atom is 0.245 e. The van der Waals surface area contributed by atoms with E-state index in [2.05, 4.69) is 4.90 Å². The van der Waals surface area contributed by atoms with Gasteiger partial charge in [0.1, 0.15) is 4.90 Å². The normalized spacial score (nSPS) is 22.1. The highest BCUT2D eigenvalue weighted by Crippen LogP contribution is 2.30. The second-order valence-corrected chi connectivity index (χ2v) is 7.70. The molecular formula is C13H18ClN3O2S. The van der Waals surface area contributed by atoms with Gasteiger partial charge in [-0.15, -0.1) is 0 Å². The van der Waals surface area contributed by atoms with Gasteiger partial charge >= 0.3 is 0 Å². The molecule has 0 unspecified atom stereocenters. The lowest BCUT2D eigenvalue weighted by atomic mass is 10.3. The van der Waals surface area contributed by atoms with Crippen LogP contribution in [0.2, 0.25) is 5.02 Å². The molecule has 1 aromatic rings. The first kappa shape index (κ1) is 14.1. The van der Waals surface area contributed by atoms with Crippen molar-refractivity contribution in [2.24, 2.45) is 0 Å². The van der Waals surface area contributed by atoms with Gasteiger partial charge in [-0.1, -0.05) is 11.6 Å². The van der Waals surface area contributed by atoms with Crippen molar-refractivity contribution in [1.29, 1.82) is 0 Å². The van der Waals surface area contributed by atoms with E-state index in [1.54, 1.807) is 6.07 Å². The van der Waals surface area contributed by atoms with Crippen LogP contribution in [0.5, 0.6) is 0 Å². The van der Waals surface area contributed by atoms with Crippen LogP contribution in [0.4, 0.5) is 5.69 Å². The summed E-state index contributed by atoms with van der Waals surface area (Å²) in [6.45, 7) is 2.66. The van der Waals surface area contributed by atoms with Gasteiger partial charge < -0.3 is 5.73 Å². The summed E-state index contributed by atoms with van der Waals surface area (Å²) < 4.78 is 26.7. The number of nitrogen functional groups attached to an aromatic ring is 1. The SMILES string of the molecule is Nc1cc(Cl)ccc1S(=O)(=O)N1CCN(C2CC2)CC1. The molecule has 1 heterocycles. The smallest absolute Gasteiger partial charge is 0.245 e. The van der Waals surface area contributed by atoms with Crippen molar-refractivity contribution in [3.05, 3.63) is 23.2 Å². The zero-order chi connectivity index (χ0) is 14.3. The van der Waals surface area contributed by atoms with Gasteiger partial charge in [-0.25, -0.2) is 8.42 Å². The van der Waals surface area contributed by atoms with Crippen molar-refractivity contribution >= 4 is 27.3 Å². The predicted octanol–water partition coefficient (Wildman–Crippen LogP) is 1.39. The van der Waals surface area contributed by atoms with Gasteiger partial charge in [-0.05, 0) is 31.0 Å². The lowest BCUT2D eigenvalue weighted by Gasteiger charge is -2.34. The Morgan fingerprint density at radius 1 is 1.15 bits per heavy atom. The summed E-state index contributed by atoms with van der Waals surface area (Å²) in [5.41, 5.74) is 6.01. The maximum atomic E-state index is 12.6. The molecule has 0 amide bonds. The number of nitrogens with zero attached hydrogens (tertiary/aromatic N) is 2. The number of benzene rings is 1. The highest BCUT2D eigenvalue weighted by molar-refractivity contribution is 7.89. The third-order valence-corrected chi connectivity index (χ3v) is 6.13. The third kappa shape index (κ3) is 2.65. The number of rotatable bonds is 3. The van der Waals surface area contributed by atoms with Gasteiger partial charge in [0.2, 0.25) is 10.0 Å². The van der Waals surface area contributed by atoms with Crippen molar-refractivity contribution in [2.45, 2.75) is 23.8 Å². The Labute approximate surface area is 124 Å². The van der Waals surface area contributed by atoms with Crippen LogP contribution in [-0.2, 0) is 10.0 Å². The molecule has 0 atom stereocenters. The molecule has 1 aliphatic carbocycles. The minimum absolute atomic E-state index is 0.154. The lowest BCUT2D eigenvalue weighted by Crippen LogP contribution is -2.49. The molecule has 7 heteroatoms. The quantitative estimate of drug-likeness (QED) is 0.856. The predicted molar refractivity (Wildman–Crippen MR) is 79.2 cm³/mol. The lowest BCUT2D eigenvalue weighted by molar-refractivity contribution is 0.180. The van der Waals surface area contributed by atoms with E-state index in [0.29, 0.717) is 24.2 Å². The van der Waals surface area contributed by atoms with Gasteiger partial charge in [0.05, 0.1) is 5.69 Å². The molecular weight excluding hydrogens is 298 g/mol. The largest absolute Gasteiger partial charge is 0.398 e. The third-order valence-electron chi connectivity index (χ3n) is 3.93. The molecule has 0 aromatic heterocycles. The van der Waals surface area contributed by atoms with Gasteiger partial charge in [0, 0.05) is 37.2 Å². The second kappa shape index (κ2) is 5.18. The zero-order valence-corrected chi connectivity index (χ0v) is 12.7. The fourth-order valence-electron chi connectivity index (χ4n) is 2.64. The Morgan fingerprint density at radius 2 is 1.80 bits per heavy atom. The number of nitrogens with two attached hydrogens (primary N) is 1. The Morgan fingerprint density at radius 3 is 2.35 bits per heavy atom. The van der Waals surface area contributed by atoms with Crippen LogP contribution in [0.15, 0.2) is 23.1 Å². The van der Waals surface area contributed by atoms with Crippen LogP contribution in [-0.4, -0.2) is 49.8 Å². The van der Waals surface area contributed by atoms with E-state index in [1.807, 2.05) is 0 Å². The minimum Gasteiger partial charge on any atom is -0.398 e. The van der Waals surface area contributed by atoms with Gasteiger partial charge in [-0.2, -0.15) is 4.31 Å². The summed E-state index contributed by atoms with van der Waals surface area (Å²) in [5.74, 6) is 0. The zero-order valence-electron chi connectivity index (χ0n) is 11.1. The molecule has 2 fully saturated rings. The fraction of sp³-hybridized carbons (Fsp3) is 0.538. The molecule has 5 nitrogen and oxygen atoms in total. The van der Waals surface area contributed by atoms with Gasteiger partial charge in [0.15, 0.2) is 0 Å². The molecule has 1 saturated carbocycles. The highest BCUT2D eigenvalue weighted by Gasteiger charge is 2.35. The van der Waals surface area contributed by atoms with Crippen molar-refractivity contribution in [2.75, 3.05) is 31.9 Å². The number of piperazine rings is 1. The first-order valence-corrected chi connectivity index (χ1v) is 8.59. The molecule has 1 aromatic carbocycles. The van der Waals surface area contributed by atoms with Crippen molar-refractivity contribution < 1.29 is 8.42 Å². The summed E-state index contributed by atoms with van der Waals surface area (Å²) >= 11 is 5.82. The first-order chi connectivity index (χ1) is 9.48. The summed E-state index contributed by atoms with van der Waals surface area (Å²) in [6.07, 6.45) is 2.49. The summed E-state index contributed by atoms with van der Waals surface area (Å²) in [7, 11) is -3.52. The summed E-state index contributed by atoms with van der Waals surface area (Å²) in [5, 5.41) is 0.444. The second-order valence-electron chi connectivity index (χ2n) is 5.35. The molecule has 0 radical (unpaired) electrons. The van der Waals surface area contributed by atoms with Gasteiger partial charge in [0.25, 0.3) is 0 Å². The van der Waals surface area contributed by atoms with Crippen LogP contribution in [0, 0.1) is 0 Å². The Bertz CT molecular complexity index is 608. The average molecular weight is 316 g/mol. The summed E-state index contributed by atoms with van der Waals surface area (Å²) in [6, 6.07) is 5.21. The molecule has 0 spiro atoms. The number of hydrogen-bond donors (Lipinski definition) is 1. The first-order valence-electron chi connectivity index (χ1n) is 6.78. The molecule has 2 aliphatic rings. The Hall–Kier alpha value is -0.820. The van der Waals surface area contributed by atoms with Crippen LogP contribution in [0.1, 0.15) is 12.8 Å². The topological polar surface area (TPSA) is 66.6 Å². The minimum atomic E-state index is -3.52. The molecule has 1 saturated heterocycles. The van der Waals surface area contributed by atoms with E-state index in [1.165, 1.54) is 29.3 Å². The van der Waals surface area contributed by atoms with Crippen LogP contribution in [0.3, 0.4) is 0 Å². The number of sulfonamides is 1. The molecule has 3 rings (SSSR count).